The quantitative estimate of drug-likeness (QED) is 0.675. The third-order valence-corrected chi connectivity index (χ3v) is 3.54. The number of aromatic nitrogens is 3. The van der Waals surface area contributed by atoms with Gasteiger partial charge in [0, 0.05) is 29.6 Å². The van der Waals surface area contributed by atoms with E-state index in [-0.39, 0.29) is 23.3 Å². The van der Waals surface area contributed by atoms with Gasteiger partial charge in [-0.3, -0.25) is 4.98 Å². The zero-order valence-corrected chi connectivity index (χ0v) is 14.0. The average Bonchev–Trinajstić information content (AvgIpc) is 3.05. The van der Waals surface area contributed by atoms with Crippen molar-refractivity contribution < 1.29 is 17.7 Å². The van der Waals surface area contributed by atoms with Crippen molar-refractivity contribution in [3.05, 3.63) is 42.2 Å². The van der Waals surface area contributed by atoms with Crippen molar-refractivity contribution in [1.82, 2.24) is 15.1 Å². The fourth-order valence-corrected chi connectivity index (χ4v) is 2.40. The molecule has 0 radical (unpaired) electrons. The summed E-state index contributed by atoms with van der Waals surface area (Å²) >= 11 is 0. The second-order valence-corrected chi connectivity index (χ2v) is 5.94. The second kappa shape index (κ2) is 6.66. The zero-order chi connectivity index (χ0) is 18.9. The summed E-state index contributed by atoms with van der Waals surface area (Å²) in [6.45, 7) is 3.95. The van der Waals surface area contributed by atoms with Gasteiger partial charge in [-0.15, -0.1) is 0 Å². The first-order valence-corrected chi connectivity index (χ1v) is 7.77. The topological polar surface area (TPSA) is 89.9 Å². The number of nitrogens with two attached hydrogens (primary N) is 1. The summed E-state index contributed by atoms with van der Waals surface area (Å²) in [5.74, 6) is -0.0922. The molecule has 3 aromatic rings. The van der Waals surface area contributed by atoms with Crippen LogP contribution in [0.4, 0.5) is 24.5 Å². The molecular formula is C17H16F3N5O. The predicted octanol–water partition coefficient (Wildman–Crippen LogP) is 4.22. The predicted molar refractivity (Wildman–Crippen MR) is 91.1 cm³/mol. The highest BCUT2D eigenvalue weighted by molar-refractivity contribution is 5.74. The summed E-state index contributed by atoms with van der Waals surface area (Å²) in [6.07, 6.45) is -2.60. The van der Waals surface area contributed by atoms with Gasteiger partial charge < -0.3 is 15.6 Å². The van der Waals surface area contributed by atoms with Gasteiger partial charge in [-0.1, -0.05) is 5.16 Å². The zero-order valence-electron chi connectivity index (χ0n) is 14.0. The van der Waals surface area contributed by atoms with Gasteiger partial charge in [0.1, 0.15) is 0 Å². The number of nitrogens with zero attached hydrogens (tertiary/aromatic N) is 3. The van der Waals surface area contributed by atoms with Crippen LogP contribution in [0.1, 0.15) is 19.4 Å². The van der Waals surface area contributed by atoms with E-state index in [9.17, 15) is 13.2 Å². The average molecular weight is 363 g/mol. The number of hydrogen-bond acceptors (Lipinski definition) is 6. The Labute approximate surface area is 147 Å². The van der Waals surface area contributed by atoms with Gasteiger partial charge in [0.2, 0.25) is 5.82 Å². The van der Waals surface area contributed by atoms with Crippen molar-refractivity contribution >= 4 is 11.4 Å². The molecule has 2 aromatic heterocycles. The van der Waals surface area contributed by atoms with E-state index in [0.717, 1.165) is 11.9 Å². The Hall–Kier alpha value is -3.10. The van der Waals surface area contributed by atoms with Crippen LogP contribution in [0.2, 0.25) is 0 Å². The number of benzene rings is 1. The highest BCUT2D eigenvalue weighted by Gasteiger charge is 2.35. The Morgan fingerprint density at radius 3 is 2.62 bits per heavy atom. The highest BCUT2D eigenvalue weighted by Crippen LogP contribution is 2.36. The van der Waals surface area contributed by atoms with E-state index in [1.165, 1.54) is 12.3 Å². The van der Waals surface area contributed by atoms with Crippen LogP contribution in [0.5, 0.6) is 0 Å². The molecule has 26 heavy (non-hydrogen) atoms. The number of hydrogen-bond donors (Lipinski definition) is 2. The molecular weight excluding hydrogens is 347 g/mol. The summed E-state index contributed by atoms with van der Waals surface area (Å²) in [4.78, 5) is 7.59. The second-order valence-electron chi connectivity index (χ2n) is 5.94. The van der Waals surface area contributed by atoms with Crippen LogP contribution in [0.3, 0.4) is 0 Å². The molecule has 0 unspecified atom stereocenters. The van der Waals surface area contributed by atoms with Crippen LogP contribution in [-0.2, 0) is 6.18 Å². The van der Waals surface area contributed by atoms with Crippen LogP contribution in [-0.4, -0.2) is 21.2 Å². The summed E-state index contributed by atoms with van der Waals surface area (Å²) in [5.41, 5.74) is 6.60. The number of pyridine rings is 1. The molecule has 0 fully saturated rings. The molecule has 136 valence electrons. The SMILES string of the molecule is CC(C)Nc1ccc(-c2nc(-c3ccncc3C(F)(F)F)no2)cc1N. The fraction of sp³-hybridized carbons (Fsp3) is 0.235. The van der Waals surface area contributed by atoms with Crippen molar-refractivity contribution in [2.75, 3.05) is 11.1 Å². The molecule has 9 heteroatoms. The lowest BCUT2D eigenvalue weighted by Gasteiger charge is -2.12. The maximum atomic E-state index is 13.1. The molecule has 0 saturated carbocycles. The largest absolute Gasteiger partial charge is 0.418 e. The van der Waals surface area contributed by atoms with Gasteiger partial charge in [0.15, 0.2) is 0 Å². The number of halogens is 3. The van der Waals surface area contributed by atoms with E-state index in [1.807, 2.05) is 13.8 Å². The number of anilines is 2. The molecule has 0 amide bonds. The summed E-state index contributed by atoms with van der Waals surface area (Å²) in [6, 6.07) is 6.48. The third-order valence-electron chi connectivity index (χ3n) is 3.54. The number of rotatable bonds is 4. The van der Waals surface area contributed by atoms with Crippen molar-refractivity contribution in [1.29, 1.82) is 0 Å². The third kappa shape index (κ3) is 3.61. The first-order valence-electron chi connectivity index (χ1n) is 7.77. The molecule has 3 rings (SSSR count). The molecule has 0 saturated heterocycles. The molecule has 3 N–H and O–H groups in total. The Bertz CT molecular complexity index is 921. The summed E-state index contributed by atoms with van der Waals surface area (Å²) in [7, 11) is 0. The van der Waals surface area contributed by atoms with Gasteiger partial charge in [0.25, 0.3) is 5.89 Å². The van der Waals surface area contributed by atoms with Crippen molar-refractivity contribution in [3.63, 3.8) is 0 Å². The first-order chi connectivity index (χ1) is 12.3. The standard InChI is InChI=1S/C17H16F3N5O/c1-9(2)23-14-4-3-10(7-13(14)21)16-24-15(25-26-16)11-5-6-22-8-12(11)17(18,19)20/h3-9,23H,21H2,1-2H3. The fourth-order valence-electron chi connectivity index (χ4n) is 2.40. The number of nitrogen functional groups attached to an aromatic ring is 1. The smallest absolute Gasteiger partial charge is 0.397 e. The highest BCUT2D eigenvalue weighted by atomic mass is 19.4. The summed E-state index contributed by atoms with van der Waals surface area (Å²) in [5, 5.41) is 6.85. The van der Waals surface area contributed by atoms with E-state index < -0.39 is 11.7 Å². The van der Waals surface area contributed by atoms with E-state index >= 15 is 0 Å². The van der Waals surface area contributed by atoms with E-state index in [2.05, 4.69) is 20.4 Å². The Kier molecular flexibility index (Phi) is 4.54. The minimum atomic E-state index is -4.57. The monoisotopic (exact) mass is 363 g/mol. The Balaban J connectivity index is 1.96. The van der Waals surface area contributed by atoms with Crippen molar-refractivity contribution in [3.8, 4) is 22.8 Å². The molecule has 0 aliphatic carbocycles. The molecule has 0 aliphatic heterocycles. The van der Waals surface area contributed by atoms with Crippen molar-refractivity contribution in [2.45, 2.75) is 26.1 Å². The number of alkyl halides is 3. The Morgan fingerprint density at radius 1 is 1.19 bits per heavy atom. The van der Waals surface area contributed by atoms with Gasteiger partial charge in [-0.25, -0.2) is 0 Å². The summed E-state index contributed by atoms with van der Waals surface area (Å²) < 4.78 is 44.5. The van der Waals surface area contributed by atoms with Crippen LogP contribution < -0.4 is 11.1 Å². The molecule has 6 nitrogen and oxygen atoms in total. The van der Waals surface area contributed by atoms with Gasteiger partial charge >= 0.3 is 6.18 Å². The van der Waals surface area contributed by atoms with Gasteiger partial charge in [0.05, 0.1) is 16.9 Å². The van der Waals surface area contributed by atoms with Crippen LogP contribution >= 0.6 is 0 Å². The molecule has 1 aromatic carbocycles. The normalized spacial score (nSPS) is 11.8. The van der Waals surface area contributed by atoms with Gasteiger partial charge in [-0.05, 0) is 38.1 Å². The number of nitrogens with one attached hydrogen (secondary N) is 1. The van der Waals surface area contributed by atoms with Crippen LogP contribution in [0.25, 0.3) is 22.8 Å². The van der Waals surface area contributed by atoms with Crippen LogP contribution in [0, 0.1) is 0 Å². The molecule has 0 spiro atoms. The lowest BCUT2D eigenvalue weighted by Crippen LogP contribution is -2.11. The minimum absolute atomic E-state index is 0.0766. The lowest BCUT2D eigenvalue weighted by atomic mass is 10.1. The molecule has 0 bridgehead atoms. The first kappa shape index (κ1) is 17.7. The molecule has 0 aliphatic rings. The maximum Gasteiger partial charge on any atom is 0.418 e. The maximum absolute atomic E-state index is 13.1. The Morgan fingerprint density at radius 2 is 1.96 bits per heavy atom. The van der Waals surface area contributed by atoms with Gasteiger partial charge in [-0.2, -0.15) is 18.2 Å². The molecule has 0 atom stereocenters. The minimum Gasteiger partial charge on any atom is -0.397 e. The molecule has 2 heterocycles. The lowest BCUT2D eigenvalue weighted by molar-refractivity contribution is -0.137. The van der Waals surface area contributed by atoms with Crippen molar-refractivity contribution in [2.24, 2.45) is 0 Å². The van der Waals surface area contributed by atoms with Crippen LogP contribution in [0.15, 0.2) is 41.2 Å². The van der Waals surface area contributed by atoms with E-state index in [1.54, 1.807) is 18.2 Å². The van der Waals surface area contributed by atoms with E-state index in [4.69, 9.17) is 10.3 Å². The van der Waals surface area contributed by atoms with E-state index in [0.29, 0.717) is 11.3 Å².